The molecular formula is C12H12F2O3. The fourth-order valence-electron chi connectivity index (χ4n) is 1.95. The van der Waals surface area contributed by atoms with E-state index < -0.39 is 29.6 Å². The zero-order valence-electron chi connectivity index (χ0n) is 8.94. The summed E-state index contributed by atoms with van der Waals surface area (Å²) in [6, 6.07) is 2.94. The number of benzene rings is 1. The van der Waals surface area contributed by atoms with Crippen LogP contribution in [0.4, 0.5) is 8.78 Å². The first kappa shape index (κ1) is 12.0. The first-order chi connectivity index (χ1) is 8.00. The summed E-state index contributed by atoms with van der Waals surface area (Å²) >= 11 is 0. The summed E-state index contributed by atoms with van der Waals surface area (Å²) in [6.07, 6.45) is 0.199. The van der Waals surface area contributed by atoms with Crippen molar-refractivity contribution in [3.05, 3.63) is 35.4 Å². The SMILES string of the molecule is O=C(O)C(C1CC1)C(O)c1ccc(F)c(F)c1. The Bertz CT molecular complexity index is 443. The maximum atomic E-state index is 13.0. The van der Waals surface area contributed by atoms with Crippen LogP contribution in [0.2, 0.25) is 0 Å². The Hall–Kier alpha value is -1.49. The van der Waals surface area contributed by atoms with E-state index in [1.807, 2.05) is 0 Å². The number of hydrogen-bond donors (Lipinski definition) is 2. The lowest BCUT2D eigenvalue weighted by atomic mass is 9.91. The minimum absolute atomic E-state index is 0.0735. The van der Waals surface area contributed by atoms with Crippen LogP contribution in [0.15, 0.2) is 18.2 Å². The number of halogens is 2. The second kappa shape index (κ2) is 4.41. The van der Waals surface area contributed by atoms with Gasteiger partial charge in [-0.25, -0.2) is 8.78 Å². The molecule has 2 rings (SSSR count). The number of carboxylic acid groups (broad SMARTS) is 1. The van der Waals surface area contributed by atoms with Crippen LogP contribution >= 0.6 is 0 Å². The average molecular weight is 242 g/mol. The molecule has 1 aromatic carbocycles. The van der Waals surface area contributed by atoms with Crippen molar-refractivity contribution in [3.63, 3.8) is 0 Å². The molecule has 2 unspecified atom stereocenters. The van der Waals surface area contributed by atoms with E-state index in [4.69, 9.17) is 5.11 Å². The molecule has 17 heavy (non-hydrogen) atoms. The summed E-state index contributed by atoms with van der Waals surface area (Å²) in [5.74, 6) is -4.22. The molecule has 2 N–H and O–H groups in total. The van der Waals surface area contributed by atoms with Gasteiger partial charge in [-0.05, 0) is 36.5 Å². The van der Waals surface area contributed by atoms with Crippen LogP contribution in [0.25, 0.3) is 0 Å². The number of carbonyl (C=O) groups is 1. The van der Waals surface area contributed by atoms with Crippen LogP contribution in [0.1, 0.15) is 24.5 Å². The lowest BCUT2D eigenvalue weighted by Crippen LogP contribution is -2.24. The van der Waals surface area contributed by atoms with E-state index in [-0.39, 0.29) is 11.5 Å². The number of rotatable bonds is 4. The van der Waals surface area contributed by atoms with Crippen molar-refractivity contribution < 1.29 is 23.8 Å². The van der Waals surface area contributed by atoms with Crippen LogP contribution in [-0.2, 0) is 4.79 Å². The van der Waals surface area contributed by atoms with Gasteiger partial charge >= 0.3 is 5.97 Å². The van der Waals surface area contributed by atoms with Crippen LogP contribution < -0.4 is 0 Å². The summed E-state index contributed by atoms with van der Waals surface area (Å²) in [7, 11) is 0. The van der Waals surface area contributed by atoms with E-state index in [0.29, 0.717) is 0 Å². The Balaban J connectivity index is 2.25. The predicted octanol–water partition coefficient (Wildman–Crippen LogP) is 2.11. The van der Waals surface area contributed by atoms with Crippen LogP contribution in [0, 0.1) is 23.5 Å². The molecule has 1 fully saturated rings. The molecule has 1 aliphatic rings. The largest absolute Gasteiger partial charge is 0.481 e. The Morgan fingerprint density at radius 2 is 1.94 bits per heavy atom. The Morgan fingerprint density at radius 1 is 1.29 bits per heavy atom. The van der Waals surface area contributed by atoms with Gasteiger partial charge in [-0.1, -0.05) is 6.07 Å². The van der Waals surface area contributed by atoms with Gasteiger partial charge in [0.05, 0.1) is 12.0 Å². The van der Waals surface area contributed by atoms with Gasteiger partial charge in [-0.2, -0.15) is 0 Å². The van der Waals surface area contributed by atoms with E-state index in [0.717, 1.165) is 25.0 Å². The molecule has 1 aromatic rings. The third kappa shape index (κ3) is 2.44. The second-order valence-electron chi connectivity index (χ2n) is 4.32. The topological polar surface area (TPSA) is 57.5 Å². The first-order valence-corrected chi connectivity index (χ1v) is 5.36. The third-order valence-corrected chi connectivity index (χ3v) is 3.04. The summed E-state index contributed by atoms with van der Waals surface area (Å²) in [5.41, 5.74) is 0.100. The molecule has 92 valence electrons. The molecule has 0 saturated heterocycles. The van der Waals surface area contributed by atoms with Crippen molar-refractivity contribution in [1.29, 1.82) is 0 Å². The second-order valence-corrected chi connectivity index (χ2v) is 4.32. The molecule has 0 heterocycles. The fraction of sp³-hybridized carbons (Fsp3) is 0.417. The van der Waals surface area contributed by atoms with Crippen molar-refractivity contribution in [3.8, 4) is 0 Å². The van der Waals surface area contributed by atoms with Crippen molar-refractivity contribution >= 4 is 5.97 Å². The van der Waals surface area contributed by atoms with E-state index in [1.165, 1.54) is 6.07 Å². The highest BCUT2D eigenvalue weighted by molar-refractivity contribution is 5.72. The Morgan fingerprint density at radius 3 is 2.41 bits per heavy atom. The highest BCUT2D eigenvalue weighted by Crippen LogP contribution is 2.43. The molecule has 3 nitrogen and oxygen atoms in total. The number of hydrogen-bond acceptors (Lipinski definition) is 2. The molecule has 0 bridgehead atoms. The zero-order chi connectivity index (χ0) is 12.6. The molecule has 1 saturated carbocycles. The van der Waals surface area contributed by atoms with Gasteiger partial charge in [-0.3, -0.25) is 4.79 Å². The minimum Gasteiger partial charge on any atom is -0.481 e. The number of aliphatic carboxylic acids is 1. The van der Waals surface area contributed by atoms with Gasteiger partial charge < -0.3 is 10.2 Å². The zero-order valence-corrected chi connectivity index (χ0v) is 8.94. The number of aliphatic hydroxyl groups is 1. The van der Waals surface area contributed by atoms with Gasteiger partial charge in [0.1, 0.15) is 0 Å². The van der Waals surface area contributed by atoms with Crippen LogP contribution in [0.5, 0.6) is 0 Å². The highest BCUT2D eigenvalue weighted by Gasteiger charge is 2.41. The van der Waals surface area contributed by atoms with Gasteiger partial charge in [0.2, 0.25) is 0 Å². The van der Waals surface area contributed by atoms with E-state index in [9.17, 15) is 18.7 Å². The number of carboxylic acids is 1. The molecule has 0 spiro atoms. The normalized spacial score (nSPS) is 18.8. The minimum atomic E-state index is -1.30. The van der Waals surface area contributed by atoms with E-state index in [1.54, 1.807) is 0 Å². The summed E-state index contributed by atoms with van der Waals surface area (Å²) in [4.78, 5) is 11.0. The lowest BCUT2D eigenvalue weighted by Gasteiger charge is -2.19. The lowest BCUT2D eigenvalue weighted by molar-refractivity contribution is -0.147. The number of aliphatic hydroxyl groups excluding tert-OH is 1. The van der Waals surface area contributed by atoms with Gasteiger partial charge in [0.25, 0.3) is 0 Å². The van der Waals surface area contributed by atoms with Gasteiger partial charge in [0.15, 0.2) is 11.6 Å². The molecule has 1 aliphatic carbocycles. The molecule has 0 amide bonds. The van der Waals surface area contributed by atoms with Crippen molar-refractivity contribution in [1.82, 2.24) is 0 Å². The van der Waals surface area contributed by atoms with Crippen molar-refractivity contribution in [2.45, 2.75) is 18.9 Å². The van der Waals surface area contributed by atoms with E-state index in [2.05, 4.69) is 0 Å². The van der Waals surface area contributed by atoms with E-state index >= 15 is 0 Å². The molecule has 2 atom stereocenters. The highest BCUT2D eigenvalue weighted by atomic mass is 19.2. The standard InChI is InChI=1S/C12H12F2O3/c13-8-4-3-7(5-9(8)14)11(15)10(12(16)17)6-1-2-6/h3-6,10-11,15H,1-2H2,(H,16,17). The van der Waals surface area contributed by atoms with Crippen LogP contribution in [0.3, 0.4) is 0 Å². The molecule has 5 heteroatoms. The molecule has 0 aliphatic heterocycles. The van der Waals surface area contributed by atoms with Crippen molar-refractivity contribution in [2.24, 2.45) is 11.8 Å². The molecule has 0 aromatic heterocycles. The summed E-state index contributed by atoms with van der Waals surface area (Å²) in [6.45, 7) is 0. The predicted molar refractivity (Wildman–Crippen MR) is 55.2 cm³/mol. The first-order valence-electron chi connectivity index (χ1n) is 5.36. The van der Waals surface area contributed by atoms with Crippen molar-refractivity contribution in [2.75, 3.05) is 0 Å². The monoisotopic (exact) mass is 242 g/mol. The maximum Gasteiger partial charge on any atom is 0.309 e. The molecule has 0 radical (unpaired) electrons. The van der Waals surface area contributed by atoms with Gasteiger partial charge in [-0.15, -0.1) is 0 Å². The smallest absolute Gasteiger partial charge is 0.309 e. The Kier molecular flexibility index (Phi) is 3.11. The summed E-state index contributed by atoms with van der Waals surface area (Å²) in [5, 5.41) is 18.9. The third-order valence-electron chi connectivity index (χ3n) is 3.04. The fourth-order valence-corrected chi connectivity index (χ4v) is 1.95. The Labute approximate surface area is 96.7 Å². The van der Waals surface area contributed by atoms with Crippen LogP contribution in [-0.4, -0.2) is 16.2 Å². The average Bonchev–Trinajstić information content (AvgIpc) is 3.06. The quantitative estimate of drug-likeness (QED) is 0.850. The summed E-state index contributed by atoms with van der Waals surface area (Å²) < 4.78 is 25.7. The van der Waals surface area contributed by atoms with Gasteiger partial charge in [0, 0.05) is 0 Å². The molecular weight excluding hydrogens is 230 g/mol. The maximum absolute atomic E-state index is 13.0.